The molecule has 0 aliphatic carbocycles. The van der Waals surface area contributed by atoms with Gasteiger partial charge < -0.3 is 10.6 Å². The van der Waals surface area contributed by atoms with Gasteiger partial charge in [0.25, 0.3) is 0 Å². The summed E-state index contributed by atoms with van der Waals surface area (Å²) >= 11 is 24.6. The minimum atomic E-state index is -4.08. The molecular weight excluding hydrogens is 590 g/mol. The van der Waals surface area contributed by atoms with E-state index < -0.39 is 22.5 Å². The zero-order valence-electron chi connectivity index (χ0n) is 19.8. The predicted octanol–water partition coefficient (Wildman–Crippen LogP) is 6.27. The monoisotopic (exact) mass is 610 g/mol. The zero-order valence-corrected chi connectivity index (χ0v) is 23.6. The molecule has 0 aliphatic rings. The third-order valence-corrected chi connectivity index (χ3v) is 8.64. The Balaban J connectivity index is 1.45. The molecule has 0 bridgehead atoms. The number of benzene rings is 3. The van der Waals surface area contributed by atoms with Gasteiger partial charge in [0, 0.05) is 62.6 Å². The molecule has 4 rings (SSSR count). The van der Waals surface area contributed by atoms with Crippen LogP contribution in [0, 0.1) is 0 Å². The summed E-state index contributed by atoms with van der Waals surface area (Å²) in [5, 5.41) is 8.47. The SMILES string of the molecule is O=C(CN(Cc1c(Cl)cccc1Cl)S(=O)(=O)c1ccc(Cl)cc1)NCCNc1ccnc2cc(Cl)ccc12. The van der Waals surface area contributed by atoms with Crippen molar-refractivity contribution in [2.75, 3.05) is 25.0 Å². The summed E-state index contributed by atoms with van der Waals surface area (Å²) < 4.78 is 28.0. The Morgan fingerprint density at radius 1 is 0.868 bits per heavy atom. The molecule has 12 heteroatoms. The van der Waals surface area contributed by atoms with Crippen molar-refractivity contribution in [2.45, 2.75) is 11.4 Å². The molecule has 0 radical (unpaired) electrons. The molecule has 0 atom stereocenters. The molecule has 1 heterocycles. The maximum Gasteiger partial charge on any atom is 0.243 e. The molecule has 2 N–H and O–H groups in total. The Morgan fingerprint density at radius 3 is 2.26 bits per heavy atom. The van der Waals surface area contributed by atoms with Gasteiger partial charge in [-0.1, -0.05) is 52.5 Å². The highest BCUT2D eigenvalue weighted by Crippen LogP contribution is 2.28. The van der Waals surface area contributed by atoms with Crippen LogP contribution in [0.1, 0.15) is 5.56 Å². The van der Waals surface area contributed by atoms with Crippen molar-refractivity contribution in [1.29, 1.82) is 0 Å². The number of pyridine rings is 1. The van der Waals surface area contributed by atoms with E-state index >= 15 is 0 Å². The molecule has 0 saturated carbocycles. The number of anilines is 1. The molecule has 198 valence electrons. The van der Waals surface area contributed by atoms with Crippen LogP contribution in [0.3, 0.4) is 0 Å². The average Bonchev–Trinajstić information content (AvgIpc) is 2.88. The summed E-state index contributed by atoms with van der Waals surface area (Å²) in [6, 6.07) is 17.8. The van der Waals surface area contributed by atoms with Crippen LogP contribution in [0.5, 0.6) is 0 Å². The molecule has 0 saturated heterocycles. The minimum Gasteiger partial charge on any atom is -0.383 e. The van der Waals surface area contributed by atoms with E-state index in [0.717, 1.165) is 20.9 Å². The smallest absolute Gasteiger partial charge is 0.243 e. The van der Waals surface area contributed by atoms with Gasteiger partial charge in [-0.15, -0.1) is 0 Å². The maximum atomic E-state index is 13.5. The van der Waals surface area contributed by atoms with E-state index in [-0.39, 0.29) is 18.0 Å². The summed E-state index contributed by atoms with van der Waals surface area (Å²) in [6.45, 7) is 0.00950. The van der Waals surface area contributed by atoms with Crippen LogP contribution in [-0.2, 0) is 21.4 Å². The fraction of sp³-hybridized carbons (Fsp3) is 0.154. The number of carbonyl (C=O) groups is 1. The van der Waals surface area contributed by atoms with Gasteiger partial charge in [0.2, 0.25) is 15.9 Å². The lowest BCUT2D eigenvalue weighted by Gasteiger charge is -2.23. The van der Waals surface area contributed by atoms with Crippen LogP contribution in [0.15, 0.2) is 77.8 Å². The molecule has 38 heavy (non-hydrogen) atoms. The lowest BCUT2D eigenvalue weighted by atomic mass is 10.2. The standard InChI is InChI=1S/C26H22Cl4N4O3S/c27-17-4-7-19(8-5-17)38(36,37)34(15-21-22(29)2-1-3-23(21)30)16-26(35)33-13-12-32-24-10-11-31-25-14-18(28)6-9-20(24)25/h1-11,14H,12-13,15-16H2,(H,31,32)(H,33,35). The summed E-state index contributed by atoms with van der Waals surface area (Å²) in [5.74, 6) is -0.487. The number of aromatic nitrogens is 1. The number of sulfonamides is 1. The van der Waals surface area contributed by atoms with Crippen molar-refractivity contribution in [3.05, 3.63) is 98.6 Å². The van der Waals surface area contributed by atoms with Crippen LogP contribution < -0.4 is 10.6 Å². The van der Waals surface area contributed by atoms with Gasteiger partial charge in [0.05, 0.1) is 17.0 Å². The Kier molecular flexibility index (Phi) is 9.36. The minimum absolute atomic E-state index is 0.00999. The van der Waals surface area contributed by atoms with Gasteiger partial charge in [0.1, 0.15) is 0 Å². The number of carbonyl (C=O) groups excluding carboxylic acids is 1. The normalized spacial score (nSPS) is 11.6. The van der Waals surface area contributed by atoms with Gasteiger partial charge >= 0.3 is 0 Å². The third-order valence-electron chi connectivity index (χ3n) is 5.63. The molecule has 1 amide bonds. The van der Waals surface area contributed by atoms with Crippen molar-refractivity contribution in [2.24, 2.45) is 0 Å². The quantitative estimate of drug-likeness (QED) is 0.206. The van der Waals surface area contributed by atoms with Crippen molar-refractivity contribution in [3.63, 3.8) is 0 Å². The molecule has 0 spiro atoms. The largest absolute Gasteiger partial charge is 0.383 e. The van der Waals surface area contributed by atoms with Crippen LogP contribution in [-0.4, -0.2) is 43.2 Å². The van der Waals surface area contributed by atoms with Gasteiger partial charge in [-0.25, -0.2) is 8.42 Å². The average molecular weight is 612 g/mol. The first-order chi connectivity index (χ1) is 18.1. The van der Waals surface area contributed by atoms with Crippen molar-refractivity contribution < 1.29 is 13.2 Å². The Morgan fingerprint density at radius 2 is 1.55 bits per heavy atom. The molecule has 0 fully saturated rings. The summed E-state index contributed by atoms with van der Waals surface area (Å²) in [5.41, 5.74) is 1.97. The first-order valence-electron chi connectivity index (χ1n) is 11.4. The molecule has 0 unspecified atom stereocenters. The van der Waals surface area contributed by atoms with Crippen LogP contribution in [0.2, 0.25) is 20.1 Å². The first-order valence-corrected chi connectivity index (χ1v) is 14.3. The number of fused-ring (bicyclic) bond motifs is 1. The second-order valence-corrected chi connectivity index (χ2v) is 11.8. The summed E-state index contributed by atoms with van der Waals surface area (Å²) in [4.78, 5) is 17.1. The van der Waals surface area contributed by atoms with Crippen LogP contribution >= 0.6 is 46.4 Å². The van der Waals surface area contributed by atoms with Crippen molar-refractivity contribution >= 4 is 78.9 Å². The third kappa shape index (κ3) is 6.88. The lowest BCUT2D eigenvalue weighted by Crippen LogP contribution is -2.41. The molecule has 1 aromatic heterocycles. The van der Waals surface area contributed by atoms with Crippen molar-refractivity contribution in [3.8, 4) is 0 Å². The highest BCUT2D eigenvalue weighted by atomic mass is 35.5. The second-order valence-electron chi connectivity index (χ2n) is 8.22. The van der Waals surface area contributed by atoms with Gasteiger partial charge in [-0.05, 0) is 60.7 Å². The van der Waals surface area contributed by atoms with E-state index in [1.807, 2.05) is 12.1 Å². The first kappa shape index (κ1) is 28.4. The lowest BCUT2D eigenvalue weighted by molar-refractivity contribution is -0.121. The highest BCUT2D eigenvalue weighted by Gasteiger charge is 2.28. The maximum absolute atomic E-state index is 13.5. The van der Waals surface area contributed by atoms with Gasteiger partial charge in [-0.2, -0.15) is 4.31 Å². The molecular formula is C26H22Cl4N4O3S. The summed E-state index contributed by atoms with van der Waals surface area (Å²) in [7, 11) is -4.08. The van der Waals surface area contributed by atoms with Crippen LogP contribution in [0.25, 0.3) is 10.9 Å². The van der Waals surface area contributed by atoms with Crippen LogP contribution in [0.4, 0.5) is 5.69 Å². The molecule has 4 aromatic rings. The van der Waals surface area contributed by atoms with Gasteiger partial charge in [-0.3, -0.25) is 9.78 Å². The Bertz CT molecular complexity index is 1550. The number of amides is 1. The fourth-order valence-corrected chi connectivity index (χ4v) is 5.91. The highest BCUT2D eigenvalue weighted by molar-refractivity contribution is 7.89. The topological polar surface area (TPSA) is 91.4 Å². The number of hydrogen-bond acceptors (Lipinski definition) is 5. The number of nitrogens with zero attached hydrogens (tertiary/aromatic N) is 2. The van der Waals surface area contributed by atoms with E-state index in [1.54, 1.807) is 36.5 Å². The number of rotatable bonds is 10. The van der Waals surface area contributed by atoms with E-state index in [4.69, 9.17) is 46.4 Å². The predicted molar refractivity (Wildman–Crippen MR) is 154 cm³/mol. The number of halogens is 4. The zero-order chi connectivity index (χ0) is 27.3. The second kappa shape index (κ2) is 12.5. The molecule has 3 aromatic carbocycles. The van der Waals surface area contributed by atoms with E-state index in [9.17, 15) is 13.2 Å². The van der Waals surface area contributed by atoms with E-state index in [2.05, 4.69) is 15.6 Å². The number of nitrogens with one attached hydrogen (secondary N) is 2. The molecule has 0 aliphatic heterocycles. The molecule has 7 nitrogen and oxygen atoms in total. The van der Waals surface area contributed by atoms with E-state index in [1.165, 1.54) is 24.3 Å². The fourth-order valence-electron chi connectivity index (χ4n) is 3.73. The van der Waals surface area contributed by atoms with E-state index in [0.29, 0.717) is 32.2 Å². The number of hydrogen-bond donors (Lipinski definition) is 2. The summed E-state index contributed by atoms with van der Waals surface area (Å²) in [6.07, 6.45) is 1.67. The Labute approximate surface area is 240 Å². The van der Waals surface area contributed by atoms with Gasteiger partial charge in [0.15, 0.2) is 0 Å². The Hall–Kier alpha value is -2.59. The van der Waals surface area contributed by atoms with Crippen molar-refractivity contribution in [1.82, 2.24) is 14.6 Å².